The Kier molecular flexibility index (Phi) is 6.06. The number of ether oxygens (including phenoxy) is 2. The van der Waals surface area contributed by atoms with E-state index in [0.717, 1.165) is 5.56 Å². The molecule has 6 heteroatoms. The average Bonchev–Trinajstić information content (AvgIpc) is 2.60. The summed E-state index contributed by atoms with van der Waals surface area (Å²) < 4.78 is 10.4. The fraction of sp³-hybridized carbons (Fsp3) is 0.556. The number of hydrogen-bond donors (Lipinski definition) is 0. The van der Waals surface area contributed by atoms with Gasteiger partial charge >= 0.3 is 6.09 Å². The second-order valence-electron chi connectivity index (χ2n) is 6.09. The Morgan fingerprint density at radius 3 is 2.29 bits per heavy atom. The predicted molar refractivity (Wildman–Crippen MR) is 91.6 cm³/mol. The Balaban J connectivity index is 2.10. The molecule has 132 valence electrons. The van der Waals surface area contributed by atoms with Crippen LogP contribution in [0.5, 0.6) is 5.75 Å². The molecule has 1 aromatic carbocycles. The smallest absolute Gasteiger partial charge is 0.409 e. The maximum absolute atomic E-state index is 12.9. The Morgan fingerprint density at radius 1 is 1.12 bits per heavy atom. The van der Waals surface area contributed by atoms with Crippen LogP contribution in [0.4, 0.5) is 4.79 Å². The summed E-state index contributed by atoms with van der Waals surface area (Å²) in [4.78, 5) is 28.0. The molecule has 0 spiro atoms. The monoisotopic (exact) mass is 334 g/mol. The lowest BCUT2D eigenvalue weighted by Crippen LogP contribution is -2.50. The van der Waals surface area contributed by atoms with Crippen molar-refractivity contribution in [2.75, 3.05) is 39.9 Å². The van der Waals surface area contributed by atoms with Crippen LogP contribution in [0.15, 0.2) is 18.2 Å². The third-order valence-electron chi connectivity index (χ3n) is 4.21. The molecule has 0 unspecified atom stereocenters. The third-order valence-corrected chi connectivity index (χ3v) is 4.21. The van der Waals surface area contributed by atoms with Crippen LogP contribution in [0.1, 0.15) is 42.6 Å². The first-order valence-corrected chi connectivity index (χ1v) is 8.36. The number of methoxy groups -OCH3 is 1. The number of benzene rings is 1. The van der Waals surface area contributed by atoms with E-state index in [1.165, 1.54) is 0 Å². The molecule has 1 aliphatic rings. The maximum atomic E-state index is 12.9. The van der Waals surface area contributed by atoms with Gasteiger partial charge in [-0.1, -0.05) is 19.9 Å². The summed E-state index contributed by atoms with van der Waals surface area (Å²) in [6.45, 7) is 8.28. The first-order valence-electron chi connectivity index (χ1n) is 8.36. The van der Waals surface area contributed by atoms with Gasteiger partial charge in [0, 0.05) is 26.2 Å². The minimum absolute atomic E-state index is 0.0575. The highest BCUT2D eigenvalue weighted by molar-refractivity contribution is 5.97. The number of amides is 2. The fourth-order valence-electron chi connectivity index (χ4n) is 2.73. The van der Waals surface area contributed by atoms with Gasteiger partial charge in [0.1, 0.15) is 5.75 Å². The lowest BCUT2D eigenvalue weighted by atomic mass is 9.99. The number of nitrogens with zero attached hydrogens (tertiary/aromatic N) is 2. The van der Waals surface area contributed by atoms with E-state index < -0.39 is 0 Å². The van der Waals surface area contributed by atoms with E-state index in [4.69, 9.17) is 9.47 Å². The Morgan fingerprint density at radius 2 is 1.75 bits per heavy atom. The van der Waals surface area contributed by atoms with Crippen molar-refractivity contribution < 1.29 is 19.1 Å². The fourth-order valence-corrected chi connectivity index (χ4v) is 2.73. The predicted octanol–water partition coefficient (Wildman–Crippen LogP) is 2.73. The number of hydrogen-bond acceptors (Lipinski definition) is 4. The van der Waals surface area contributed by atoms with E-state index in [-0.39, 0.29) is 12.0 Å². The molecule has 0 radical (unpaired) electrons. The van der Waals surface area contributed by atoms with Crippen molar-refractivity contribution >= 4 is 12.0 Å². The highest BCUT2D eigenvalue weighted by atomic mass is 16.6. The van der Waals surface area contributed by atoms with Gasteiger partial charge in [0.2, 0.25) is 0 Å². The molecule has 1 aromatic rings. The molecule has 1 heterocycles. The highest BCUT2D eigenvalue weighted by Gasteiger charge is 2.27. The van der Waals surface area contributed by atoms with E-state index >= 15 is 0 Å². The normalized spacial score (nSPS) is 14.7. The minimum Gasteiger partial charge on any atom is -0.496 e. The molecule has 0 aromatic heterocycles. The molecule has 2 amide bonds. The van der Waals surface area contributed by atoms with E-state index in [1.54, 1.807) is 23.8 Å². The molecule has 6 nitrogen and oxygen atoms in total. The van der Waals surface area contributed by atoms with E-state index in [0.29, 0.717) is 50.0 Å². The van der Waals surface area contributed by atoms with Gasteiger partial charge in [-0.15, -0.1) is 0 Å². The SMILES string of the molecule is CCOC(=O)N1CCN(C(=O)c2cc(C(C)C)ccc2OC)CC1. The van der Waals surface area contributed by atoms with Crippen LogP contribution in [0.25, 0.3) is 0 Å². The standard InChI is InChI=1S/C18H26N2O4/c1-5-24-18(22)20-10-8-19(9-11-20)17(21)15-12-14(13(2)3)6-7-16(15)23-4/h6-7,12-13H,5,8-11H2,1-4H3. The second kappa shape index (κ2) is 8.04. The molecule has 0 saturated carbocycles. The van der Waals surface area contributed by atoms with Crippen LogP contribution < -0.4 is 4.74 Å². The molecular formula is C18H26N2O4. The Labute approximate surface area is 143 Å². The summed E-state index contributed by atoms with van der Waals surface area (Å²) in [5.41, 5.74) is 1.68. The van der Waals surface area contributed by atoms with Gasteiger partial charge in [0.15, 0.2) is 0 Å². The Bertz CT molecular complexity index is 593. The molecule has 0 aliphatic carbocycles. The van der Waals surface area contributed by atoms with Crippen molar-refractivity contribution in [1.82, 2.24) is 9.80 Å². The van der Waals surface area contributed by atoms with Crippen molar-refractivity contribution in [3.05, 3.63) is 29.3 Å². The summed E-state index contributed by atoms with van der Waals surface area (Å²) >= 11 is 0. The van der Waals surface area contributed by atoms with Crippen LogP contribution in [0.2, 0.25) is 0 Å². The van der Waals surface area contributed by atoms with Crippen LogP contribution in [0, 0.1) is 0 Å². The maximum Gasteiger partial charge on any atom is 0.409 e. The number of carbonyl (C=O) groups is 2. The first-order chi connectivity index (χ1) is 11.5. The Hall–Kier alpha value is -2.24. The molecular weight excluding hydrogens is 308 g/mol. The average molecular weight is 334 g/mol. The molecule has 1 saturated heterocycles. The van der Waals surface area contributed by atoms with Crippen LogP contribution >= 0.6 is 0 Å². The third kappa shape index (κ3) is 3.99. The minimum atomic E-state index is -0.316. The van der Waals surface area contributed by atoms with E-state index in [1.807, 2.05) is 18.2 Å². The van der Waals surface area contributed by atoms with Gasteiger partial charge in [-0.05, 0) is 30.5 Å². The van der Waals surface area contributed by atoms with E-state index in [9.17, 15) is 9.59 Å². The summed E-state index contributed by atoms with van der Waals surface area (Å²) in [6, 6.07) is 5.74. The van der Waals surface area contributed by atoms with Crippen LogP contribution in [-0.2, 0) is 4.74 Å². The zero-order valence-corrected chi connectivity index (χ0v) is 14.9. The lowest BCUT2D eigenvalue weighted by molar-refractivity contribution is 0.0568. The van der Waals surface area contributed by atoms with Crippen molar-refractivity contribution in [3.8, 4) is 5.75 Å². The molecule has 0 bridgehead atoms. The van der Waals surface area contributed by atoms with E-state index in [2.05, 4.69) is 13.8 Å². The number of carbonyl (C=O) groups excluding carboxylic acids is 2. The molecule has 1 aliphatic heterocycles. The second-order valence-corrected chi connectivity index (χ2v) is 6.09. The highest BCUT2D eigenvalue weighted by Crippen LogP contribution is 2.25. The molecule has 0 N–H and O–H groups in total. The van der Waals surface area contributed by atoms with Gasteiger partial charge in [0.25, 0.3) is 5.91 Å². The van der Waals surface area contributed by atoms with Gasteiger partial charge in [0.05, 0.1) is 19.3 Å². The van der Waals surface area contributed by atoms with Crippen LogP contribution in [0.3, 0.4) is 0 Å². The summed E-state index contributed by atoms with van der Waals surface area (Å²) in [5.74, 6) is 0.859. The molecule has 24 heavy (non-hydrogen) atoms. The van der Waals surface area contributed by atoms with Gasteiger partial charge in [-0.2, -0.15) is 0 Å². The zero-order chi connectivity index (χ0) is 17.7. The lowest BCUT2D eigenvalue weighted by Gasteiger charge is -2.34. The molecule has 2 rings (SSSR count). The van der Waals surface area contributed by atoms with Gasteiger partial charge in [-0.25, -0.2) is 4.79 Å². The summed E-state index contributed by atoms with van der Waals surface area (Å²) in [6.07, 6.45) is -0.316. The zero-order valence-electron chi connectivity index (χ0n) is 14.9. The number of rotatable bonds is 4. The van der Waals surface area contributed by atoms with Crippen LogP contribution in [-0.4, -0.2) is 61.7 Å². The molecule has 0 atom stereocenters. The first kappa shape index (κ1) is 18.1. The van der Waals surface area contributed by atoms with Crippen molar-refractivity contribution in [1.29, 1.82) is 0 Å². The quantitative estimate of drug-likeness (QED) is 0.849. The van der Waals surface area contributed by atoms with Gasteiger partial charge < -0.3 is 19.3 Å². The van der Waals surface area contributed by atoms with Crippen molar-refractivity contribution in [3.63, 3.8) is 0 Å². The summed E-state index contributed by atoms with van der Waals surface area (Å²) in [5, 5.41) is 0. The molecule has 1 fully saturated rings. The summed E-state index contributed by atoms with van der Waals surface area (Å²) in [7, 11) is 1.57. The van der Waals surface area contributed by atoms with Crippen molar-refractivity contribution in [2.24, 2.45) is 0 Å². The largest absolute Gasteiger partial charge is 0.496 e. The number of piperazine rings is 1. The van der Waals surface area contributed by atoms with Crippen molar-refractivity contribution in [2.45, 2.75) is 26.7 Å². The topological polar surface area (TPSA) is 59.1 Å². The van der Waals surface area contributed by atoms with Gasteiger partial charge in [-0.3, -0.25) is 4.79 Å².